The molecule has 136 valence electrons. The van der Waals surface area contributed by atoms with Crippen LogP contribution in [0.15, 0.2) is 36.4 Å². The van der Waals surface area contributed by atoms with Crippen molar-refractivity contribution in [1.29, 1.82) is 0 Å². The van der Waals surface area contributed by atoms with E-state index in [0.29, 0.717) is 18.8 Å². The number of aromatic nitrogens is 2. The van der Waals surface area contributed by atoms with E-state index in [1.165, 1.54) is 0 Å². The Balaban J connectivity index is 2.10. The summed E-state index contributed by atoms with van der Waals surface area (Å²) in [5, 5.41) is 19.4. The SMILES string of the molecule is CC(C)n1nc(-c2ccccc2)cc1NC(=O)NCC(C)(C)CCO. The van der Waals surface area contributed by atoms with Gasteiger partial charge >= 0.3 is 6.03 Å². The van der Waals surface area contributed by atoms with Gasteiger partial charge in [-0.15, -0.1) is 0 Å². The highest BCUT2D eigenvalue weighted by Crippen LogP contribution is 2.24. The molecule has 0 saturated carbocycles. The number of aliphatic hydroxyl groups excluding tert-OH is 1. The molecule has 3 N–H and O–H groups in total. The van der Waals surface area contributed by atoms with Gasteiger partial charge in [-0.3, -0.25) is 5.32 Å². The zero-order valence-electron chi connectivity index (χ0n) is 15.4. The zero-order chi connectivity index (χ0) is 18.4. The fraction of sp³-hybridized carbons (Fsp3) is 0.474. The normalized spacial score (nSPS) is 11.6. The van der Waals surface area contributed by atoms with Gasteiger partial charge in [0.2, 0.25) is 0 Å². The topological polar surface area (TPSA) is 79.2 Å². The summed E-state index contributed by atoms with van der Waals surface area (Å²) in [5.74, 6) is 0.659. The number of rotatable bonds is 7. The third kappa shape index (κ3) is 5.32. The molecule has 2 rings (SSSR count). The molecule has 1 heterocycles. The molecule has 0 fully saturated rings. The maximum absolute atomic E-state index is 12.3. The van der Waals surface area contributed by atoms with Crippen molar-refractivity contribution in [2.45, 2.75) is 40.2 Å². The fourth-order valence-electron chi connectivity index (χ4n) is 2.50. The number of carbonyl (C=O) groups excluding carboxylic acids is 1. The predicted molar refractivity (Wildman–Crippen MR) is 101 cm³/mol. The van der Waals surface area contributed by atoms with Crippen molar-refractivity contribution < 1.29 is 9.90 Å². The molecule has 0 radical (unpaired) electrons. The second kappa shape index (κ2) is 8.16. The van der Waals surface area contributed by atoms with E-state index in [1.54, 1.807) is 4.68 Å². The number of benzene rings is 1. The number of nitrogens with zero attached hydrogens (tertiary/aromatic N) is 2. The summed E-state index contributed by atoms with van der Waals surface area (Å²) in [6, 6.07) is 11.6. The van der Waals surface area contributed by atoms with Crippen molar-refractivity contribution in [1.82, 2.24) is 15.1 Å². The Hall–Kier alpha value is -2.34. The molecule has 0 bridgehead atoms. The minimum atomic E-state index is -0.271. The van der Waals surface area contributed by atoms with Gasteiger partial charge in [0.05, 0.1) is 5.69 Å². The Kier molecular flexibility index (Phi) is 6.20. The number of aliphatic hydroxyl groups is 1. The Morgan fingerprint density at radius 2 is 1.96 bits per heavy atom. The lowest BCUT2D eigenvalue weighted by Gasteiger charge is -2.24. The van der Waals surface area contributed by atoms with E-state index in [-0.39, 0.29) is 24.1 Å². The number of nitrogens with one attached hydrogen (secondary N) is 2. The summed E-state index contributed by atoms with van der Waals surface area (Å²) in [6.07, 6.45) is 0.634. The minimum Gasteiger partial charge on any atom is -0.396 e. The molecular formula is C19H28N4O2. The van der Waals surface area contributed by atoms with E-state index in [1.807, 2.05) is 64.1 Å². The van der Waals surface area contributed by atoms with Gasteiger partial charge in [0.15, 0.2) is 0 Å². The molecule has 1 aromatic carbocycles. The zero-order valence-corrected chi connectivity index (χ0v) is 15.4. The Morgan fingerprint density at radius 3 is 2.56 bits per heavy atom. The van der Waals surface area contributed by atoms with Crippen LogP contribution < -0.4 is 10.6 Å². The van der Waals surface area contributed by atoms with Crippen LogP contribution in [0.1, 0.15) is 40.2 Å². The lowest BCUT2D eigenvalue weighted by atomic mass is 9.90. The van der Waals surface area contributed by atoms with Crippen molar-refractivity contribution in [3.05, 3.63) is 36.4 Å². The van der Waals surface area contributed by atoms with Gasteiger partial charge in [0.1, 0.15) is 5.82 Å². The van der Waals surface area contributed by atoms with E-state index in [0.717, 1.165) is 11.3 Å². The molecule has 2 amide bonds. The van der Waals surface area contributed by atoms with E-state index < -0.39 is 0 Å². The van der Waals surface area contributed by atoms with Crippen molar-refractivity contribution in [2.75, 3.05) is 18.5 Å². The van der Waals surface area contributed by atoms with Crippen LogP contribution in [0.3, 0.4) is 0 Å². The van der Waals surface area contributed by atoms with E-state index in [2.05, 4.69) is 15.7 Å². The Labute approximate surface area is 149 Å². The first-order valence-corrected chi connectivity index (χ1v) is 8.63. The number of hydrogen-bond acceptors (Lipinski definition) is 3. The number of urea groups is 1. The predicted octanol–water partition coefficient (Wildman–Crippen LogP) is 3.66. The standard InChI is InChI=1S/C19H28N4O2/c1-14(2)23-17(12-16(22-23)15-8-6-5-7-9-15)21-18(25)20-13-19(3,4)10-11-24/h5-9,12,14,24H,10-11,13H2,1-4H3,(H2,20,21,25). The second-order valence-electron chi connectivity index (χ2n) is 7.26. The smallest absolute Gasteiger partial charge is 0.320 e. The number of amides is 2. The van der Waals surface area contributed by atoms with E-state index in [9.17, 15) is 4.79 Å². The third-order valence-corrected chi connectivity index (χ3v) is 4.05. The lowest BCUT2D eigenvalue weighted by Crippen LogP contribution is -2.37. The molecule has 6 heteroatoms. The molecule has 0 unspecified atom stereocenters. The van der Waals surface area contributed by atoms with Crippen LogP contribution in [0.4, 0.5) is 10.6 Å². The monoisotopic (exact) mass is 344 g/mol. The van der Waals surface area contributed by atoms with E-state index >= 15 is 0 Å². The van der Waals surface area contributed by atoms with Crippen molar-refractivity contribution >= 4 is 11.8 Å². The quantitative estimate of drug-likeness (QED) is 0.717. The summed E-state index contributed by atoms with van der Waals surface area (Å²) in [7, 11) is 0. The molecule has 0 atom stereocenters. The van der Waals surface area contributed by atoms with Crippen LogP contribution >= 0.6 is 0 Å². The van der Waals surface area contributed by atoms with Gasteiger partial charge in [0.25, 0.3) is 0 Å². The van der Waals surface area contributed by atoms with Gasteiger partial charge in [-0.1, -0.05) is 44.2 Å². The number of anilines is 1. The first-order valence-electron chi connectivity index (χ1n) is 8.63. The third-order valence-electron chi connectivity index (χ3n) is 4.05. The Morgan fingerprint density at radius 1 is 1.28 bits per heavy atom. The molecule has 0 aliphatic heterocycles. The molecule has 2 aromatic rings. The molecule has 1 aromatic heterocycles. The van der Waals surface area contributed by atoms with Gasteiger partial charge in [0, 0.05) is 30.8 Å². The molecular weight excluding hydrogens is 316 g/mol. The van der Waals surface area contributed by atoms with Crippen LogP contribution in [0.5, 0.6) is 0 Å². The number of hydrogen-bond donors (Lipinski definition) is 3. The van der Waals surface area contributed by atoms with Crippen LogP contribution in [0.2, 0.25) is 0 Å². The highest BCUT2D eigenvalue weighted by molar-refractivity contribution is 5.89. The average Bonchev–Trinajstić information content (AvgIpc) is 2.98. The fourth-order valence-corrected chi connectivity index (χ4v) is 2.50. The van der Waals surface area contributed by atoms with Crippen LogP contribution in [0.25, 0.3) is 11.3 Å². The highest BCUT2D eigenvalue weighted by Gasteiger charge is 2.19. The summed E-state index contributed by atoms with van der Waals surface area (Å²) in [4.78, 5) is 12.3. The van der Waals surface area contributed by atoms with Gasteiger partial charge < -0.3 is 10.4 Å². The minimum absolute atomic E-state index is 0.108. The maximum atomic E-state index is 12.3. The van der Waals surface area contributed by atoms with Crippen molar-refractivity contribution in [3.8, 4) is 11.3 Å². The molecule has 6 nitrogen and oxygen atoms in total. The van der Waals surface area contributed by atoms with Crippen molar-refractivity contribution in [3.63, 3.8) is 0 Å². The van der Waals surface area contributed by atoms with Gasteiger partial charge in [-0.25, -0.2) is 9.48 Å². The van der Waals surface area contributed by atoms with Crippen LogP contribution in [0, 0.1) is 5.41 Å². The van der Waals surface area contributed by atoms with Crippen molar-refractivity contribution in [2.24, 2.45) is 5.41 Å². The number of carbonyl (C=O) groups is 1. The van der Waals surface area contributed by atoms with Gasteiger partial charge in [-0.2, -0.15) is 5.10 Å². The highest BCUT2D eigenvalue weighted by atomic mass is 16.3. The summed E-state index contributed by atoms with van der Waals surface area (Å²) in [6.45, 7) is 8.66. The maximum Gasteiger partial charge on any atom is 0.320 e. The van der Waals surface area contributed by atoms with Crippen LogP contribution in [-0.2, 0) is 0 Å². The first-order chi connectivity index (χ1) is 11.8. The summed E-state index contributed by atoms with van der Waals surface area (Å²) in [5.41, 5.74) is 1.68. The Bertz CT molecular complexity index is 693. The average molecular weight is 344 g/mol. The lowest BCUT2D eigenvalue weighted by molar-refractivity contribution is 0.204. The van der Waals surface area contributed by atoms with Gasteiger partial charge in [-0.05, 0) is 25.7 Å². The molecule has 0 saturated heterocycles. The summed E-state index contributed by atoms with van der Waals surface area (Å²) < 4.78 is 1.81. The first kappa shape index (κ1) is 19.0. The molecule has 0 aliphatic carbocycles. The molecule has 0 spiro atoms. The second-order valence-corrected chi connectivity index (χ2v) is 7.26. The molecule has 25 heavy (non-hydrogen) atoms. The summed E-state index contributed by atoms with van der Waals surface area (Å²) >= 11 is 0. The molecule has 0 aliphatic rings. The largest absolute Gasteiger partial charge is 0.396 e. The van der Waals surface area contributed by atoms with E-state index in [4.69, 9.17) is 5.11 Å². The van der Waals surface area contributed by atoms with Crippen LogP contribution in [-0.4, -0.2) is 34.1 Å².